The molecule has 0 aliphatic heterocycles. The van der Waals surface area contributed by atoms with Crippen molar-refractivity contribution < 1.29 is 1.43 Å². The molecule has 0 amide bonds. The number of benzene rings is 1. The number of hydrogen-bond donors (Lipinski definition) is 2. The molecule has 1 rings (SSSR count). The summed E-state index contributed by atoms with van der Waals surface area (Å²) in [6, 6.07) is 5.64. The van der Waals surface area contributed by atoms with Crippen LogP contribution >= 0.6 is 0 Å². The van der Waals surface area contributed by atoms with Crippen LogP contribution in [0.1, 0.15) is 26.4 Å². The molecule has 0 spiro atoms. The van der Waals surface area contributed by atoms with E-state index in [1.165, 1.54) is 6.21 Å². The van der Waals surface area contributed by atoms with Gasteiger partial charge in [-0.3, -0.25) is 0 Å². The van der Waals surface area contributed by atoms with Crippen molar-refractivity contribution in [3.8, 4) is 0 Å². The van der Waals surface area contributed by atoms with Crippen molar-refractivity contribution in [2.75, 3.05) is 5.73 Å². The summed E-state index contributed by atoms with van der Waals surface area (Å²) in [5, 5.41) is 6.98. The van der Waals surface area contributed by atoms with Crippen molar-refractivity contribution >= 4 is 11.9 Å². The van der Waals surface area contributed by atoms with Crippen LogP contribution in [0.5, 0.6) is 0 Å². The molecule has 2 heteroatoms. The van der Waals surface area contributed by atoms with Gasteiger partial charge in [0.2, 0.25) is 0 Å². The van der Waals surface area contributed by atoms with E-state index in [2.05, 4.69) is 0 Å². The first-order valence-corrected chi connectivity index (χ1v) is 4.10. The van der Waals surface area contributed by atoms with Crippen LogP contribution in [0.25, 0.3) is 0 Å². The molecule has 68 valence electrons. The van der Waals surface area contributed by atoms with Crippen molar-refractivity contribution in [3.05, 3.63) is 29.3 Å². The Balaban J connectivity index is 0. The summed E-state index contributed by atoms with van der Waals surface area (Å²) < 4.78 is 0. The van der Waals surface area contributed by atoms with Gasteiger partial charge in [0.25, 0.3) is 0 Å². The Labute approximate surface area is 75.4 Å². The van der Waals surface area contributed by atoms with Crippen molar-refractivity contribution in [2.45, 2.75) is 20.8 Å². The number of rotatable bonds is 1. The van der Waals surface area contributed by atoms with Crippen LogP contribution in [0.4, 0.5) is 5.69 Å². The Bertz CT molecular complexity index is 259. The molecule has 0 bridgehead atoms. The smallest absolute Gasteiger partial charge is 0.0403 e. The molecular formula is C10H18N2. The third-order valence-corrected chi connectivity index (χ3v) is 1.40. The van der Waals surface area contributed by atoms with E-state index in [4.69, 9.17) is 11.1 Å². The van der Waals surface area contributed by atoms with E-state index < -0.39 is 0 Å². The number of nitrogens with one attached hydrogen (secondary N) is 1. The van der Waals surface area contributed by atoms with Crippen molar-refractivity contribution in [2.24, 2.45) is 0 Å². The molecular weight excluding hydrogens is 148 g/mol. The highest BCUT2D eigenvalue weighted by atomic mass is 14.6. The summed E-state index contributed by atoms with van der Waals surface area (Å²) in [6.45, 7) is 5.98. The topological polar surface area (TPSA) is 49.9 Å². The minimum absolute atomic E-state index is 0. The zero-order valence-corrected chi connectivity index (χ0v) is 7.89. The van der Waals surface area contributed by atoms with Gasteiger partial charge in [-0.1, -0.05) is 25.5 Å². The standard InChI is InChI=1S/C8H10N2.C2H6.H2/c1-6-2-3-8(10)7(4-6)5-9;1-2;/h2-5,9H,10H2,1H3;1-2H3;1H. The van der Waals surface area contributed by atoms with Crippen LogP contribution < -0.4 is 5.73 Å². The monoisotopic (exact) mass is 166 g/mol. The number of nitrogens with two attached hydrogens (primary N) is 1. The lowest BCUT2D eigenvalue weighted by molar-refractivity contribution is 1.45. The predicted octanol–water partition coefficient (Wildman–Crippen LogP) is 2.85. The summed E-state index contributed by atoms with van der Waals surface area (Å²) in [4.78, 5) is 0. The van der Waals surface area contributed by atoms with Gasteiger partial charge in [-0.25, -0.2) is 0 Å². The Morgan fingerprint density at radius 3 is 2.42 bits per heavy atom. The van der Waals surface area contributed by atoms with E-state index in [1.807, 2.05) is 39.0 Å². The average Bonchev–Trinajstić information content (AvgIpc) is 2.13. The van der Waals surface area contributed by atoms with E-state index >= 15 is 0 Å². The fraction of sp³-hybridized carbons (Fsp3) is 0.300. The summed E-state index contributed by atoms with van der Waals surface area (Å²) in [5.41, 5.74) is 8.14. The zero-order valence-electron chi connectivity index (χ0n) is 7.89. The second-order valence-electron chi connectivity index (χ2n) is 2.28. The lowest BCUT2D eigenvalue weighted by Gasteiger charge is -1.98. The van der Waals surface area contributed by atoms with Gasteiger partial charge in [0.1, 0.15) is 0 Å². The first kappa shape index (κ1) is 10.7. The highest BCUT2D eigenvalue weighted by molar-refractivity contribution is 5.84. The fourth-order valence-electron chi connectivity index (χ4n) is 0.819. The fourth-order valence-corrected chi connectivity index (χ4v) is 0.819. The Hall–Kier alpha value is -1.31. The minimum atomic E-state index is 0. The lowest BCUT2D eigenvalue weighted by Crippen LogP contribution is -1.92. The van der Waals surface area contributed by atoms with E-state index in [-0.39, 0.29) is 1.43 Å². The largest absolute Gasteiger partial charge is 0.398 e. The molecule has 0 aliphatic carbocycles. The molecule has 3 N–H and O–H groups in total. The Morgan fingerprint density at radius 2 is 2.00 bits per heavy atom. The molecule has 0 radical (unpaired) electrons. The molecule has 12 heavy (non-hydrogen) atoms. The van der Waals surface area contributed by atoms with Gasteiger partial charge in [0.05, 0.1) is 0 Å². The summed E-state index contributed by atoms with van der Waals surface area (Å²) in [6.07, 6.45) is 1.27. The first-order chi connectivity index (χ1) is 5.74. The van der Waals surface area contributed by atoms with Crippen LogP contribution in [0.15, 0.2) is 18.2 Å². The first-order valence-electron chi connectivity index (χ1n) is 4.10. The summed E-state index contributed by atoms with van der Waals surface area (Å²) in [7, 11) is 0. The third kappa shape index (κ3) is 2.74. The van der Waals surface area contributed by atoms with Crippen LogP contribution in [0.3, 0.4) is 0 Å². The minimum Gasteiger partial charge on any atom is -0.398 e. The quantitative estimate of drug-likeness (QED) is 0.489. The normalized spacial score (nSPS) is 8.25. The number of nitrogen functional groups attached to an aromatic ring is 1. The molecule has 0 aliphatic rings. The second kappa shape index (κ2) is 5.35. The number of aryl methyl sites for hydroxylation is 1. The maximum absolute atomic E-state index is 6.98. The van der Waals surface area contributed by atoms with Gasteiger partial charge in [0, 0.05) is 18.9 Å². The van der Waals surface area contributed by atoms with Crippen LogP contribution in [0.2, 0.25) is 0 Å². The van der Waals surface area contributed by atoms with Crippen molar-refractivity contribution in [3.63, 3.8) is 0 Å². The highest BCUT2D eigenvalue weighted by Crippen LogP contribution is 2.10. The van der Waals surface area contributed by atoms with E-state index in [0.29, 0.717) is 5.69 Å². The van der Waals surface area contributed by atoms with Gasteiger partial charge in [-0.05, 0) is 19.1 Å². The van der Waals surface area contributed by atoms with Crippen molar-refractivity contribution in [1.29, 1.82) is 5.41 Å². The van der Waals surface area contributed by atoms with Crippen LogP contribution in [-0.4, -0.2) is 6.21 Å². The summed E-state index contributed by atoms with van der Waals surface area (Å²) in [5.74, 6) is 0. The lowest BCUT2D eigenvalue weighted by atomic mass is 10.1. The van der Waals surface area contributed by atoms with Crippen LogP contribution in [-0.2, 0) is 0 Å². The van der Waals surface area contributed by atoms with E-state index in [0.717, 1.165) is 11.1 Å². The molecule has 0 unspecified atom stereocenters. The van der Waals surface area contributed by atoms with Gasteiger partial charge in [0.15, 0.2) is 0 Å². The van der Waals surface area contributed by atoms with Crippen molar-refractivity contribution in [1.82, 2.24) is 0 Å². The Kier molecular flexibility index (Phi) is 4.77. The SMILES string of the molecule is CC.Cc1ccc(N)c(C=N)c1.[HH]. The van der Waals surface area contributed by atoms with E-state index in [9.17, 15) is 0 Å². The summed E-state index contributed by atoms with van der Waals surface area (Å²) >= 11 is 0. The third-order valence-electron chi connectivity index (χ3n) is 1.40. The maximum atomic E-state index is 6.98. The molecule has 1 aromatic carbocycles. The van der Waals surface area contributed by atoms with Gasteiger partial charge < -0.3 is 11.1 Å². The average molecular weight is 166 g/mol. The maximum Gasteiger partial charge on any atom is 0.0403 e. The molecule has 0 saturated heterocycles. The van der Waals surface area contributed by atoms with Gasteiger partial charge >= 0.3 is 0 Å². The highest BCUT2D eigenvalue weighted by Gasteiger charge is 1.93. The molecule has 0 heterocycles. The molecule has 0 saturated carbocycles. The number of hydrogen-bond acceptors (Lipinski definition) is 2. The Morgan fingerprint density at radius 1 is 1.42 bits per heavy atom. The van der Waals surface area contributed by atoms with Gasteiger partial charge in [-0.15, -0.1) is 0 Å². The molecule has 0 aromatic heterocycles. The predicted molar refractivity (Wildman–Crippen MR) is 56.9 cm³/mol. The van der Waals surface area contributed by atoms with Crippen LogP contribution in [0, 0.1) is 12.3 Å². The van der Waals surface area contributed by atoms with E-state index in [1.54, 1.807) is 0 Å². The zero-order chi connectivity index (χ0) is 9.56. The number of anilines is 1. The molecule has 1 aromatic rings. The van der Waals surface area contributed by atoms with Gasteiger partial charge in [-0.2, -0.15) is 0 Å². The molecule has 0 fully saturated rings. The molecule has 0 atom stereocenters. The second-order valence-corrected chi connectivity index (χ2v) is 2.28. The molecule has 2 nitrogen and oxygen atoms in total.